The predicted molar refractivity (Wildman–Crippen MR) is 71.2 cm³/mol. The van der Waals surface area contributed by atoms with E-state index in [4.69, 9.17) is 11.6 Å². The van der Waals surface area contributed by atoms with Crippen LogP contribution in [0, 0.1) is 5.82 Å². The molecule has 2 aromatic rings. The fraction of sp³-hybridized carbons (Fsp3) is 0.273. The number of nitrogens with zero attached hydrogens (tertiary/aromatic N) is 4. The molecule has 0 fully saturated rings. The third kappa shape index (κ3) is 2.97. The monoisotopic (exact) mass is 318 g/mol. The molecule has 0 bridgehead atoms. The Morgan fingerprint density at radius 2 is 2.00 bits per heavy atom. The maximum Gasteiger partial charge on any atom is 0.247 e. The van der Waals surface area contributed by atoms with Gasteiger partial charge >= 0.3 is 0 Å². The second kappa shape index (κ2) is 5.86. The van der Waals surface area contributed by atoms with E-state index in [0.717, 1.165) is 10.4 Å². The van der Waals surface area contributed by atoms with Crippen LogP contribution in [0.2, 0.25) is 5.02 Å². The molecule has 0 aliphatic carbocycles. The predicted octanol–water partition coefficient (Wildman–Crippen LogP) is 1.39. The van der Waals surface area contributed by atoms with Crippen molar-refractivity contribution in [2.45, 2.75) is 11.4 Å². The van der Waals surface area contributed by atoms with Crippen molar-refractivity contribution in [3.63, 3.8) is 0 Å². The van der Waals surface area contributed by atoms with Crippen molar-refractivity contribution in [1.29, 1.82) is 0 Å². The van der Waals surface area contributed by atoms with Crippen LogP contribution < -0.4 is 0 Å². The van der Waals surface area contributed by atoms with Crippen LogP contribution in [-0.2, 0) is 16.6 Å². The Kier molecular flexibility index (Phi) is 4.36. The fourth-order valence-electron chi connectivity index (χ4n) is 1.60. The van der Waals surface area contributed by atoms with Crippen molar-refractivity contribution in [1.82, 2.24) is 19.1 Å². The second-order valence-electron chi connectivity index (χ2n) is 4.08. The first-order chi connectivity index (χ1) is 9.43. The Labute approximate surface area is 120 Å². The first-order valence-corrected chi connectivity index (χ1v) is 7.47. The molecule has 0 N–H and O–H groups in total. The highest BCUT2D eigenvalue weighted by Crippen LogP contribution is 2.26. The van der Waals surface area contributed by atoms with E-state index in [1.165, 1.54) is 31.8 Å². The minimum absolute atomic E-state index is 0.138. The summed E-state index contributed by atoms with van der Waals surface area (Å²) < 4.78 is 41.0. The maximum absolute atomic E-state index is 13.7. The Morgan fingerprint density at radius 3 is 2.60 bits per heavy atom. The van der Waals surface area contributed by atoms with Crippen LogP contribution in [0.5, 0.6) is 0 Å². The van der Waals surface area contributed by atoms with Gasteiger partial charge in [0.1, 0.15) is 23.4 Å². The molecule has 6 nitrogen and oxygen atoms in total. The highest BCUT2D eigenvalue weighted by atomic mass is 35.5. The van der Waals surface area contributed by atoms with Crippen molar-refractivity contribution in [2.75, 3.05) is 13.6 Å². The van der Waals surface area contributed by atoms with Gasteiger partial charge in [0.2, 0.25) is 10.0 Å². The van der Waals surface area contributed by atoms with E-state index in [0.29, 0.717) is 6.54 Å². The summed E-state index contributed by atoms with van der Waals surface area (Å²) in [6, 6.07) is 3.76. The number of sulfonamides is 1. The van der Waals surface area contributed by atoms with Gasteiger partial charge < -0.3 is 4.57 Å². The number of aromatic nitrogens is 3. The van der Waals surface area contributed by atoms with Gasteiger partial charge in [-0.15, -0.1) is 10.2 Å². The molecule has 0 aliphatic heterocycles. The van der Waals surface area contributed by atoms with E-state index in [1.54, 1.807) is 4.57 Å². The largest absolute Gasteiger partial charge is 0.319 e. The highest BCUT2D eigenvalue weighted by molar-refractivity contribution is 7.89. The Morgan fingerprint density at radius 1 is 1.35 bits per heavy atom. The van der Waals surface area contributed by atoms with Gasteiger partial charge in [-0.05, 0) is 12.1 Å². The summed E-state index contributed by atoms with van der Waals surface area (Å²) in [5.41, 5.74) is 0. The lowest BCUT2D eigenvalue weighted by atomic mass is 10.3. The summed E-state index contributed by atoms with van der Waals surface area (Å²) in [4.78, 5) is -0.507. The van der Waals surface area contributed by atoms with Crippen LogP contribution in [0.3, 0.4) is 0 Å². The van der Waals surface area contributed by atoms with Gasteiger partial charge in [0.05, 0.1) is 5.02 Å². The lowest BCUT2D eigenvalue weighted by Crippen LogP contribution is -2.31. The van der Waals surface area contributed by atoms with Crippen LogP contribution in [0.15, 0.2) is 35.7 Å². The smallest absolute Gasteiger partial charge is 0.247 e. The number of hydrogen-bond donors (Lipinski definition) is 0. The molecule has 1 aromatic carbocycles. The van der Waals surface area contributed by atoms with E-state index in [2.05, 4.69) is 10.2 Å². The van der Waals surface area contributed by atoms with Gasteiger partial charge in [0.25, 0.3) is 0 Å². The molecule has 9 heteroatoms. The standard InChI is InChI=1S/C11H12ClFN4O2S/c1-16(5-6-17-7-14-15-8-17)20(18,19)11-9(12)3-2-4-10(11)13/h2-4,7-8H,5-6H2,1H3. The third-order valence-corrected chi connectivity index (χ3v) is 5.09. The molecule has 1 heterocycles. The minimum Gasteiger partial charge on any atom is -0.319 e. The Hall–Kier alpha value is -1.51. The Balaban J connectivity index is 2.21. The second-order valence-corrected chi connectivity index (χ2v) is 6.47. The quantitative estimate of drug-likeness (QED) is 0.835. The first kappa shape index (κ1) is 14.9. The zero-order chi connectivity index (χ0) is 14.8. The molecular formula is C11H12ClFN4O2S. The van der Waals surface area contributed by atoms with Crippen molar-refractivity contribution >= 4 is 21.6 Å². The number of rotatable bonds is 5. The van der Waals surface area contributed by atoms with Gasteiger partial charge in [0, 0.05) is 20.1 Å². The van der Waals surface area contributed by atoms with Crippen LogP contribution in [-0.4, -0.2) is 41.1 Å². The molecule has 0 unspecified atom stereocenters. The molecule has 0 saturated heterocycles. The van der Waals surface area contributed by atoms with Gasteiger partial charge in [0.15, 0.2) is 0 Å². The van der Waals surface area contributed by atoms with Crippen LogP contribution in [0.25, 0.3) is 0 Å². The van der Waals surface area contributed by atoms with Crippen molar-refractivity contribution < 1.29 is 12.8 Å². The zero-order valence-corrected chi connectivity index (χ0v) is 12.1. The molecule has 1 aromatic heterocycles. The summed E-state index contributed by atoms with van der Waals surface area (Å²) in [7, 11) is -2.62. The zero-order valence-electron chi connectivity index (χ0n) is 10.6. The number of hydrogen-bond acceptors (Lipinski definition) is 4. The molecule has 20 heavy (non-hydrogen) atoms. The Bertz CT molecular complexity index is 670. The van der Waals surface area contributed by atoms with E-state index in [-0.39, 0.29) is 11.6 Å². The summed E-state index contributed by atoms with van der Waals surface area (Å²) in [5, 5.41) is 7.09. The third-order valence-electron chi connectivity index (χ3n) is 2.73. The van der Waals surface area contributed by atoms with E-state index in [9.17, 15) is 12.8 Å². The molecule has 108 valence electrons. The number of benzene rings is 1. The molecular weight excluding hydrogens is 307 g/mol. The van der Waals surface area contributed by atoms with Gasteiger partial charge in [-0.25, -0.2) is 12.8 Å². The topological polar surface area (TPSA) is 68.1 Å². The minimum atomic E-state index is -3.98. The van der Waals surface area contributed by atoms with Gasteiger partial charge in [-0.1, -0.05) is 17.7 Å². The van der Waals surface area contributed by atoms with Gasteiger partial charge in [-0.2, -0.15) is 4.31 Å². The molecule has 0 atom stereocenters. The van der Waals surface area contributed by atoms with Crippen LogP contribution >= 0.6 is 11.6 Å². The molecule has 0 spiro atoms. The summed E-state index contributed by atoms with van der Waals surface area (Å²) in [5.74, 6) is -0.867. The molecule has 0 saturated carbocycles. The SMILES string of the molecule is CN(CCn1cnnc1)S(=O)(=O)c1c(F)cccc1Cl. The van der Waals surface area contributed by atoms with E-state index >= 15 is 0 Å². The van der Waals surface area contributed by atoms with Crippen LogP contribution in [0.4, 0.5) is 4.39 Å². The highest BCUT2D eigenvalue weighted by Gasteiger charge is 2.27. The summed E-state index contributed by atoms with van der Waals surface area (Å²) in [6.07, 6.45) is 2.94. The lowest BCUT2D eigenvalue weighted by molar-refractivity contribution is 0.440. The van der Waals surface area contributed by atoms with Crippen molar-refractivity contribution in [3.05, 3.63) is 41.7 Å². The molecule has 0 radical (unpaired) electrons. The number of halogens is 2. The lowest BCUT2D eigenvalue weighted by Gasteiger charge is -2.18. The fourth-order valence-corrected chi connectivity index (χ4v) is 3.32. The summed E-state index contributed by atoms with van der Waals surface area (Å²) in [6.45, 7) is 0.500. The maximum atomic E-state index is 13.7. The number of likely N-dealkylation sites (N-methyl/N-ethyl adjacent to an activating group) is 1. The van der Waals surface area contributed by atoms with Crippen molar-refractivity contribution in [2.24, 2.45) is 0 Å². The molecule has 0 aliphatic rings. The molecule has 0 amide bonds. The van der Waals surface area contributed by atoms with Gasteiger partial charge in [-0.3, -0.25) is 0 Å². The average Bonchev–Trinajstić information content (AvgIpc) is 2.88. The summed E-state index contributed by atoms with van der Waals surface area (Å²) >= 11 is 5.79. The normalized spacial score (nSPS) is 12.0. The first-order valence-electron chi connectivity index (χ1n) is 5.65. The van der Waals surface area contributed by atoms with E-state index < -0.39 is 20.7 Å². The van der Waals surface area contributed by atoms with Crippen molar-refractivity contribution in [3.8, 4) is 0 Å². The molecule has 2 rings (SSSR count). The van der Waals surface area contributed by atoms with Crippen LogP contribution in [0.1, 0.15) is 0 Å². The van der Waals surface area contributed by atoms with E-state index in [1.807, 2.05) is 0 Å². The average molecular weight is 319 g/mol.